The van der Waals surface area contributed by atoms with E-state index in [1.165, 1.54) is 58.5 Å². The van der Waals surface area contributed by atoms with Crippen molar-refractivity contribution in [1.29, 1.82) is 0 Å². The summed E-state index contributed by atoms with van der Waals surface area (Å²) < 4.78 is 0. The van der Waals surface area contributed by atoms with E-state index >= 15 is 0 Å². The summed E-state index contributed by atoms with van der Waals surface area (Å²) in [5.74, 6) is 1.93. The molecule has 0 aromatic rings. The average Bonchev–Trinajstić information content (AvgIpc) is 2.77. The SMILES string of the molecule is CCN(CC)CCCN1CC2CC=CCC2C1.Cl. The lowest BCUT2D eigenvalue weighted by Gasteiger charge is -2.20. The Balaban J connectivity index is 0.00000162. The summed E-state index contributed by atoms with van der Waals surface area (Å²) >= 11 is 0. The summed E-state index contributed by atoms with van der Waals surface area (Å²) in [5.41, 5.74) is 0. The maximum Gasteiger partial charge on any atom is 0.00160 e. The first-order valence-corrected chi connectivity index (χ1v) is 7.43. The molecule has 18 heavy (non-hydrogen) atoms. The molecule has 0 N–H and O–H groups in total. The zero-order valence-electron chi connectivity index (χ0n) is 12.0. The molecule has 0 radical (unpaired) electrons. The number of allylic oxidation sites excluding steroid dienone is 2. The Hall–Kier alpha value is -0.0500. The van der Waals surface area contributed by atoms with Crippen LogP contribution in [0.15, 0.2) is 12.2 Å². The highest BCUT2D eigenvalue weighted by Gasteiger charge is 2.32. The van der Waals surface area contributed by atoms with E-state index in [0.29, 0.717) is 0 Å². The predicted molar refractivity (Wildman–Crippen MR) is 81.4 cm³/mol. The molecule has 0 bridgehead atoms. The molecule has 0 spiro atoms. The third-order valence-corrected chi connectivity index (χ3v) is 4.54. The summed E-state index contributed by atoms with van der Waals surface area (Å²) in [6, 6.07) is 0. The van der Waals surface area contributed by atoms with Crippen molar-refractivity contribution in [3.63, 3.8) is 0 Å². The second kappa shape index (κ2) is 8.19. The van der Waals surface area contributed by atoms with Crippen molar-refractivity contribution < 1.29 is 0 Å². The first-order chi connectivity index (χ1) is 8.33. The van der Waals surface area contributed by atoms with Gasteiger partial charge in [0.2, 0.25) is 0 Å². The zero-order valence-corrected chi connectivity index (χ0v) is 12.8. The lowest BCUT2D eigenvalue weighted by Crippen LogP contribution is -2.29. The molecule has 0 aromatic carbocycles. The molecule has 1 aliphatic carbocycles. The van der Waals surface area contributed by atoms with E-state index in [1.807, 2.05) is 0 Å². The molecule has 2 aliphatic rings. The molecule has 2 unspecified atom stereocenters. The third kappa shape index (κ3) is 4.25. The molecule has 106 valence electrons. The summed E-state index contributed by atoms with van der Waals surface area (Å²) in [5, 5.41) is 0. The summed E-state index contributed by atoms with van der Waals surface area (Å²) in [7, 11) is 0. The Kier molecular flexibility index (Phi) is 7.28. The summed E-state index contributed by atoms with van der Waals surface area (Å²) in [6.45, 7) is 12.2. The highest BCUT2D eigenvalue weighted by molar-refractivity contribution is 5.85. The standard InChI is InChI=1S/C15H28N2.ClH/c1-3-16(4-2)10-7-11-17-12-14-8-5-6-9-15(14)13-17;/h5-6,14-15H,3-4,7-13H2,1-2H3;1H. The van der Waals surface area contributed by atoms with E-state index in [4.69, 9.17) is 0 Å². The summed E-state index contributed by atoms with van der Waals surface area (Å²) in [6.07, 6.45) is 8.78. The van der Waals surface area contributed by atoms with Crippen LogP contribution >= 0.6 is 12.4 Å². The van der Waals surface area contributed by atoms with Crippen LogP contribution in [0, 0.1) is 11.8 Å². The first-order valence-electron chi connectivity index (χ1n) is 7.43. The second-order valence-corrected chi connectivity index (χ2v) is 5.60. The number of nitrogens with zero attached hydrogens (tertiary/aromatic N) is 2. The van der Waals surface area contributed by atoms with Gasteiger partial charge in [0, 0.05) is 13.1 Å². The van der Waals surface area contributed by atoms with Crippen LogP contribution in [0.2, 0.25) is 0 Å². The fourth-order valence-corrected chi connectivity index (χ4v) is 3.35. The van der Waals surface area contributed by atoms with Gasteiger partial charge >= 0.3 is 0 Å². The third-order valence-electron chi connectivity index (χ3n) is 4.54. The molecule has 1 fully saturated rings. The van der Waals surface area contributed by atoms with E-state index in [2.05, 4.69) is 35.8 Å². The number of hydrogen-bond acceptors (Lipinski definition) is 2. The van der Waals surface area contributed by atoms with Crippen LogP contribution in [0.1, 0.15) is 33.1 Å². The smallest absolute Gasteiger partial charge is 0.00160 e. The minimum atomic E-state index is 0. The Morgan fingerprint density at radius 3 is 2.11 bits per heavy atom. The topological polar surface area (TPSA) is 6.48 Å². The van der Waals surface area contributed by atoms with Crippen molar-refractivity contribution in [1.82, 2.24) is 9.80 Å². The van der Waals surface area contributed by atoms with E-state index in [-0.39, 0.29) is 12.4 Å². The van der Waals surface area contributed by atoms with Crippen LogP contribution in [0.25, 0.3) is 0 Å². The van der Waals surface area contributed by atoms with Crippen LogP contribution in [-0.2, 0) is 0 Å². The van der Waals surface area contributed by atoms with Crippen LogP contribution in [0.3, 0.4) is 0 Å². The van der Waals surface area contributed by atoms with Crippen molar-refractivity contribution in [3.05, 3.63) is 12.2 Å². The minimum absolute atomic E-state index is 0. The Morgan fingerprint density at radius 1 is 1.06 bits per heavy atom. The number of rotatable bonds is 6. The first kappa shape index (κ1) is 16.0. The number of likely N-dealkylation sites (tertiary alicyclic amines) is 1. The van der Waals surface area contributed by atoms with Crippen LogP contribution in [0.5, 0.6) is 0 Å². The van der Waals surface area contributed by atoms with Crippen LogP contribution in [0.4, 0.5) is 0 Å². The number of halogens is 1. The van der Waals surface area contributed by atoms with Gasteiger partial charge < -0.3 is 9.80 Å². The van der Waals surface area contributed by atoms with Gasteiger partial charge in [-0.2, -0.15) is 0 Å². The number of fused-ring (bicyclic) bond motifs is 1. The quantitative estimate of drug-likeness (QED) is 0.686. The van der Waals surface area contributed by atoms with Crippen molar-refractivity contribution >= 4 is 12.4 Å². The van der Waals surface area contributed by atoms with Gasteiger partial charge in [0.25, 0.3) is 0 Å². The lowest BCUT2D eigenvalue weighted by molar-refractivity contribution is 0.258. The van der Waals surface area contributed by atoms with E-state index < -0.39 is 0 Å². The van der Waals surface area contributed by atoms with Gasteiger partial charge in [-0.1, -0.05) is 26.0 Å². The molecule has 3 heteroatoms. The Labute approximate surface area is 119 Å². The second-order valence-electron chi connectivity index (χ2n) is 5.60. The molecule has 0 aromatic heterocycles. The van der Waals surface area contributed by atoms with E-state index in [0.717, 1.165) is 11.8 Å². The van der Waals surface area contributed by atoms with Gasteiger partial charge in [0.1, 0.15) is 0 Å². The molecule has 2 atom stereocenters. The minimum Gasteiger partial charge on any atom is -0.304 e. The van der Waals surface area contributed by atoms with Crippen molar-refractivity contribution in [2.75, 3.05) is 39.3 Å². The van der Waals surface area contributed by atoms with Gasteiger partial charge in [-0.15, -0.1) is 12.4 Å². The van der Waals surface area contributed by atoms with Crippen molar-refractivity contribution in [2.24, 2.45) is 11.8 Å². The molecule has 2 rings (SSSR count). The van der Waals surface area contributed by atoms with Crippen LogP contribution in [-0.4, -0.2) is 49.1 Å². The fourth-order valence-electron chi connectivity index (χ4n) is 3.35. The largest absolute Gasteiger partial charge is 0.304 e. The van der Waals surface area contributed by atoms with Crippen molar-refractivity contribution in [2.45, 2.75) is 33.1 Å². The molecule has 1 heterocycles. The van der Waals surface area contributed by atoms with Crippen LogP contribution < -0.4 is 0 Å². The Bertz CT molecular complexity index is 235. The fraction of sp³-hybridized carbons (Fsp3) is 0.867. The maximum absolute atomic E-state index is 2.70. The monoisotopic (exact) mass is 272 g/mol. The molecule has 0 saturated carbocycles. The molecule has 2 nitrogen and oxygen atoms in total. The van der Waals surface area contributed by atoms with Crippen molar-refractivity contribution in [3.8, 4) is 0 Å². The Morgan fingerprint density at radius 2 is 1.61 bits per heavy atom. The highest BCUT2D eigenvalue weighted by Crippen LogP contribution is 2.32. The average molecular weight is 273 g/mol. The van der Waals surface area contributed by atoms with E-state index in [9.17, 15) is 0 Å². The van der Waals surface area contributed by atoms with Gasteiger partial charge in [0.15, 0.2) is 0 Å². The van der Waals surface area contributed by atoms with Gasteiger partial charge in [-0.05, 0) is 57.3 Å². The van der Waals surface area contributed by atoms with E-state index in [1.54, 1.807) is 0 Å². The zero-order chi connectivity index (χ0) is 12.1. The molecular weight excluding hydrogens is 244 g/mol. The van der Waals surface area contributed by atoms with Gasteiger partial charge in [-0.25, -0.2) is 0 Å². The molecule has 1 saturated heterocycles. The van der Waals surface area contributed by atoms with Gasteiger partial charge in [0.05, 0.1) is 0 Å². The maximum atomic E-state index is 2.70. The lowest BCUT2D eigenvalue weighted by atomic mass is 9.86. The predicted octanol–water partition coefficient (Wildman–Crippen LogP) is 3.04. The summed E-state index contributed by atoms with van der Waals surface area (Å²) in [4.78, 5) is 5.23. The number of hydrogen-bond donors (Lipinski definition) is 0. The van der Waals surface area contributed by atoms with Gasteiger partial charge in [-0.3, -0.25) is 0 Å². The highest BCUT2D eigenvalue weighted by atomic mass is 35.5. The molecular formula is C15H29ClN2. The molecule has 0 amide bonds. The molecule has 1 aliphatic heterocycles. The normalized spacial score (nSPS) is 27.3.